The van der Waals surface area contributed by atoms with E-state index in [-0.39, 0.29) is 13.2 Å². The Morgan fingerprint density at radius 2 is 2.10 bits per heavy atom. The van der Waals surface area contributed by atoms with E-state index in [1.165, 1.54) is 19.1 Å². The molecule has 1 aromatic carbocycles. The van der Waals surface area contributed by atoms with Crippen LogP contribution in [0.4, 0.5) is 4.79 Å². The molecule has 1 saturated heterocycles. The Hall–Kier alpha value is -2.63. The van der Waals surface area contributed by atoms with Crippen LogP contribution in [0.2, 0.25) is 0 Å². The molecule has 1 atom stereocenters. The van der Waals surface area contributed by atoms with Crippen molar-refractivity contribution in [2.45, 2.75) is 13.0 Å². The summed E-state index contributed by atoms with van der Waals surface area (Å²) < 4.78 is 9.63. The lowest BCUT2D eigenvalue weighted by Crippen LogP contribution is -2.32. The summed E-state index contributed by atoms with van der Waals surface area (Å²) in [4.78, 5) is 35.4. The zero-order chi connectivity index (χ0) is 15.2. The van der Waals surface area contributed by atoms with E-state index in [0.29, 0.717) is 0 Å². The number of rotatable bonds is 4. The van der Waals surface area contributed by atoms with Crippen LogP contribution in [0, 0.1) is 0 Å². The van der Waals surface area contributed by atoms with Crippen molar-refractivity contribution in [2.75, 3.05) is 13.2 Å². The number of amides is 2. The van der Waals surface area contributed by atoms with Crippen LogP contribution in [-0.4, -0.2) is 36.1 Å². The van der Waals surface area contributed by atoms with Gasteiger partial charge in [0.05, 0.1) is 0 Å². The Balaban J connectivity index is 2.06. The maximum absolute atomic E-state index is 12.1. The summed E-state index contributed by atoms with van der Waals surface area (Å²) in [5, 5.41) is 0. The largest absolute Gasteiger partial charge is 0.462 e. The van der Waals surface area contributed by atoms with Gasteiger partial charge in [-0.3, -0.25) is 9.59 Å². The molecule has 2 rings (SSSR count). The van der Waals surface area contributed by atoms with Gasteiger partial charge in [0.1, 0.15) is 19.3 Å². The molecule has 0 saturated carbocycles. The second-order valence-corrected chi connectivity index (χ2v) is 4.42. The van der Waals surface area contributed by atoms with Crippen LogP contribution in [0.3, 0.4) is 0 Å². The van der Waals surface area contributed by atoms with E-state index in [9.17, 15) is 14.4 Å². The van der Waals surface area contributed by atoms with Gasteiger partial charge in [-0.05, 0) is 11.6 Å². The Morgan fingerprint density at radius 3 is 2.76 bits per heavy atom. The molecule has 1 aliphatic rings. The lowest BCUT2D eigenvalue weighted by molar-refractivity contribution is -0.139. The zero-order valence-corrected chi connectivity index (χ0v) is 11.5. The highest BCUT2D eigenvalue weighted by Gasteiger charge is 2.37. The third-order valence-electron chi connectivity index (χ3n) is 2.94. The Labute approximate surface area is 121 Å². The standard InChI is InChI=1S/C15H15NO5/c1-11(17)20-9-5-8-14(18)16-13(10-21-15(16)19)12-6-3-2-4-7-12/h2-8,13H,9-10H2,1H3/b8-5+/t13-/m0/s1. The first-order valence-corrected chi connectivity index (χ1v) is 6.44. The second-order valence-electron chi connectivity index (χ2n) is 4.42. The highest BCUT2D eigenvalue weighted by atomic mass is 16.6. The highest BCUT2D eigenvalue weighted by molar-refractivity contribution is 5.99. The topological polar surface area (TPSA) is 72.9 Å². The molecule has 6 heteroatoms. The Kier molecular flexibility index (Phi) is 4.71. The van der Waals surface area contributed by atoms with Crippen LogP contribution in [0.25, 0.3) is 0 Å². The lowest BCUT2D eigenvalue weighted by Gasteiger charge is -2.18. The average Bonchev–Trinajstić information content (AvgIpc) is 2.86. The highest BCUT2D eigenvalue weighted by Crippen LogP contribution is 2.27. The first-order chi connectivity index (χ1) is 10.1. The fraction of sp³-hybridized carbons (Fsp3) is 0.267. The van der Waals surface area contributed by atoms with E-state index in [0.717, 1.165) is 10.5 Å². The van der Waals surface area contributed by atoms with Crippen LogP contribution in [0.15, 0.2) is 42.5 Å². The molecule has 0 bridgehead atoms. The Morgan fingerprint density at radius 1 is 1.38 bits per heavy atom. The molecule has 110 valence electrons. The second kappa shape index (κ2) is 6.69. The quantitative estimate of drug-likeness (QED) is 0.624. The van der Waals surface area contributed by atoms with E-state index in [1.807, 2.05) is 30.3 Å². The van der Waals surface area contributed by atoms with Gasteiger partial charge in [0.2, 0.25) is 0 Å². The van der Waals surface area contributed by atoms with E-state index < -0.39 is 24.0 Å². The molecule has 1 heterocycles. The third-order valence-corrected chi connectivity index (χ3v) is 2.94. The molecule has 0 unspecified atom stereocenters. The van der Waals surface area contributed by atoms with Gasteiger partial charge in [-0.2, -0.15) is 0 Å². The van der Waals surface area contributed by atoms with Gasteiger partial charge in [-0.1, -0.05) is 30.3 Å². The van der Waals surface area contributed by atoms with Crippen molar-refractivity contribution < 1.29 is 23.9 Å². The minimum Gasteiger partial charge on any atom is -0.462 e. The summed E-state index contributed by atoms with van der Waals surface area (Å²) in [7, 11) is 0. The van der Waals surface area contributed by atoms with E-state index >= 15 is 0 Å². The van der Waals surface area contributed by atoms with Gasteiger partial charge in [0.15, 0.2) is 0 Å². The smallest absolute Gasteiger partial charge is 0.417 e. The van der Waals surface area contributed by atoms with Crippen molar-refractivity contribution in [1.82, 2.24) is 4.90 Å². The molecule has 1 aliphatic heterocycles. The van der Waals surface area contributed by atoms with Crippen molar-refractivity contribution in [3.8, 4) is 0 Å². The van der Waals surface area contributed by atoms with Crippen LogP contribution in [-0.2, 0) is 19.1 Å². The number of benzene rings is 1. The molecule has 0 N–H and O–H groups in total. The van der Waals surface area contributed by atoms with Gasteiger partial charge < -0.3 is 9.47 Å². The fourth-order valence-corrected chi connectivity index (χ4v) is 1.98. The zero-order valence-electron chi connectivity index (χ0n) is 11.5. The van der Waals surface area contributed by atoms with Gasteiger partial charge in [-0.15, -0.1) is 0 Å². The van der Waals surface area contributed by atoms with Crippen LogP contribution in [0.1, 0.15) is 18.5 Å². The molecular weight excluding hydrogens is 274 g/mol. The van der Waals surface area contributed by atoms with Crippen LogP contribution < -0.4 is 0 Å². The van der Waals surface area contributed by atoms with Crippen molar-refractivity contribution >= 4 is 18.0 Å². The van der Waals surface area contributed by atoms with Crippen molar-refractivity contribution in [3.63, 3.8) is 0 Å². The molecule has 0 aromatic heterocycles. The van der Waals surface area contributed by atoms with Crippen molar-refractivity contribution in [1.29, 1.82) is 0 Å². The minimum atomic E-state index is -0.675. The number of hydrogen-bond acceptors (Lipinski definition) is 5. The van der Waals surface area contributed by atoms with Crippen LogP contribution >= 0.6 is 0 Å². The molecule has 1 fully saturated rings. The van der Waals surface area contributed by atoms with Crippen molar-refractivity contribution in [2.24, 2.45) is 0 Å². The number of ether oxygens (including phenoxy) is 2. The summed E-state index contributed by atoms with van der Waals surface area (Å²) in [5.74, 6) is -0.937. The first-order valence-electron chi connectivity index (χ1n) is 6.44. The number of hydrogen-bond donors (Lipinski definition) is 0. The normalized spacial score (nSPS) is 17.9. The fourth-order valence-electron chi connectivity index (χ4n) is 1.98. The van der Waals surface area contributed by atoms with Crippen molar-refractivity contribution in [3.05, 3.63) is 48.0 Å². The number of imide groups is 1. The van der Waals surface area contributed by atoms with E-state index in [1.54, 1.807) is 0 Å². The molecule has 1 aromatic rings. The monoisotopic (exact) mass is 289 g/mol. The summed E-state index contributed by atoms with van der Waals surface area (Å²) in [5.41, 5.74) is 0.824. The molecule has 6 nitrogen and oxygen atoms in total. The summed E-state index contributed by atoms with van der Waals surface area (Å²) in [6.07, 6.45) is 1.91. The minimum absolute atomic E-state index is 0.0139. The van der Waals surface area contributed by atoms with E-state index in [2.05, 4.69) is 4.74 Å². The first kappa shape index (κ1) is 14.8. The molecule has 2 amide bonds. The van der Waals surface area contributed by atoms with E-state index in [4.69, 9.17) is 4.74 Å². The number of carbonyl (C=O) groups is 3. The molecule has 0 radical (unpaired) electrons. The van der Waals surface area contributed by atoms with Gasteiger partial charge >= 0.3 is 12.1 Å². The van der Waals surface area contributed by atoms with Gasteiger partial charge in [0.25, 0.3) is 5.91 Å². The lowest BCUT2D eigenvalue weighted by atomic mass is 10.1. The number of cyclic esters (lactones) is 1. The maximum Gasteiger partial charge on any atom is 0.417 e. The maximum atomic E-state index is 12.1. The SMILES string of the molecule is CC(=O)OC/C=C/C(=O)N1C(=O)OC[C@H]1c1ccccc1. The van der Waals surface area contributed by atoms with Gasteiger partial charge in [0, 0.05) is 13.0 Å². The predicted molar refractivity (Wildman–Crippen MR) is 73.2 cm³/mol. The number of esters is 1. The third kappa shape index (κ3) is 3.68. The van der Waals surface area contributed by atoms with Crippen LogP contribution in [0.5, 0.6) is 0 Å². The molecule has 0 spiro atoms. The Bertz CT molecular complexity index is 567. The summed E-state index contributed by atoms with van der Waals surface area (Å²) >= 11 is 0. The van der Waals surface area contributed by atoms with Gasteiger partial charge in [-0.25, -0.2) is 9.69 Å². The number of carbonyl (C=O) groups excluding carboxylic acids is 3. The summed E-state index contributed by atoms with van der Waals surface area (Å²) in [6, 6.07) is 8.73. The summed E-state index contributed by atoms with van der Waals surface area (Å²) in [6.45, 7) is 1.39. The predicted octanol–water partition coefficient (Wildman–Crippen LogP) is 1.83. The number of nitrogens with zero attached hydrogens (tertiary/aromatic N) is 1. The average molecular weight is 289 g/mol. The molecular formula is C15H15NO5. The molecule has 0 aliphatic carbocycles. The molecule has 21 heavy (non-hydrogen) atoms.